The molecule has 0 spiro atoms. The van der Waals surface area contributed by atoms with Gasteiger partial charge in [-0.3, -0.25) is 0 Å². The van der Waals surface area contributed by atoms with E-state index in [-0.39, 0.29) is 6.04 Å². The molecule has 0 bridgehead atoms. The number of nitrogens with one attached hydrogen (secondary N) is 1. The van der Waals surface area contributed by atoms with Crippen molar-refractivity contribution >= 4 is 21.6 Å². The molecule has 0 radical (unpaired) electrons. The van der Waals surface area contributed by atoms with Gasteiger partial charge in [-0.05, 0) is 47.1 Å². The zero-order chi connectivity index (χ0) is 14.8. The Hall–Kier alpha value is -1.56. The summed E-state index contributed by atoms with van der Waals surface area (Å²) in [5.74, 6) is 0. The van der Waals surface area contributed by atoms with Gasteiger partial charge in [-0.2, -0.15) is 13.2 Å². The average Bonchev–Trinajstić information content (AvgIpc) is 2.40. The van der Waals surface area contributed by atoms with Gasteiger partial charge in [-0.25, -0.2) is 4.98 Å². The first-order valence-corrected chi connectivity index (χ1v) is 6.72. The van der Waals surface area contributed by atoms with E-state index in [1.165, 1.54) is 6.07 Å². The van der Waals surface area contributed by atoms with Crippen molar-refractivity contribution in [2.24, 2.45) is 0 Å². The van der Waals surface area contributed by atoms with Gasteiger partial charge in [0.15, 0.2) is 0 Å². The van der Waals surface area contributed by atoms with Crippen LogP contribution in [0.3, 0.4) is 0 Å². The number of hydrogen-bond donors (Lipinski definition) is 1. The van der Waals surface area contributed by atoms with E-state index in [4.69, 9.17) is 0 Å². The van der Waals surface area contributed by atoms with Crippen molar-refractivity contribution in [2.75, 3.05) is 5.32 Å². The van der Waals surface area contributed by atoms with Crippen LogP contribution in [-0.4, -0.2) is 4.98 Å². The minimum Gasteiger partial charge on any atom is -0.376 e. The van der Waals surface area contributed by atoms with Crippen LogP contribution in [0.5, 0.6) is 0 Å². The molecule has 106 valence electrons. The molecule has 6 heteroatoms. The lowest BCUT2D eigenvalue weighted by Gasteiger charge is -2.17. The minimum absolute atomic E-state index is 0.337. The Morgan fingerprint density at radius 3 is 2.45 bits per heavy atom. The molecule has 2 nitrogen and oxygen atoms in total. The van der Waals surface area contributed by atoms with Crippen molar-refractivity contribution in [3.63, 3.8) is 0 Å². The third-order valence-electron chi connectivity index (χ3n) is 2.75. The van der Waals surface area contributed by atoms with Crippen LogP contribution in [0.2, 0.25) is 0 Å². The largest absolute Gasteiger partial charge is 0.433 e. The summed E-state index contributed by atoms with van der Waals surface area (Å²) in [5.41, 5.74) is 0.269. The Morgan fingerprint density at radius 2 is 1.80 bits per heavy atom. The monoisotopic (exact) mass is 344 g/mol. The van der Waals surface area contributed by atoms with Crippen molar-refractivity contribution in [3.05, 3.63) is 58.3 Å². The van der Waals surface area contributed by atoms with E-state index < -0.39 is 11.9 Å². The Kier molecular flexibility index (Phi) is 4.32. The van der Waals surface area contributed by atoms with Gasteiger partial charge in [-0.1, -0.05) is 18.2 Å². The highest BCUT2D eigenvalue weighted by molar-refractivity contribution is 9.10. The number of halogens is 4. The zero-order valence-corrected chi connectivity index (χ0v) is 12.2. The van der Waals surface area contributed by atoms with Gasteiger partial charge in [-0.15, -0.1) is 0 Å². The maximum absolute atomic E-state index is 12.6. The molecule has 0 fully saturated rings. The second kappa shape index (κ2) is 5.83. The molecule has 20 heavy (non-hydrogen) atoms. The SMILES string of the molecule is C[C@@H](Nc1ccccc1Br)c1cccc(C(F)(F)F)n1. The fourth-order valence-electron chi connectivity index (χ4n) is 1.74. The highest BCUT2D eigenvalue weighted by Gasteiger charge is 2.32. The van der Waals surface area contributed by atoms with Crippen LogP contribution < -0.4 is 5.32 Å². The quantitative estimate of drug-likeness (QED) is 0.843. The van der Waals surface area contributed by atoms with Crippen LogP contribution in [0.25, 0.3) is 0 Å². The van der Waals surface area contributed by atoms with Crippen LogP contribution in [-0.2, 0) is 6.18 Å². The maximum Gasteiger partial charge on any atom is 0.433 e. The van der Waals surface area contributed by atoms with Crippen LogP contribution in [0.15, 0.2) is 46.9 Å². The summed E-state index contributed by atoms with van der Waals surface area (Å²) in [6.45, 7) is 1.77. The van der Waals surface area contributed by atoms with Gasteiger partial charge in [0.2, 0.25) is 0 Å². The number of hydrogen-bond acceptors (Lipinski definition) is 2. The Bertz CT molecular complexity index is 599. The molecule has 0 saturated carbocycles. The number of rotatable bonds is 3. The smallest absolute Gasteiger partial charge is 0.376 e. The number of anilines is 1. The Balaban J connectivity index is 2.22. The van der Waals surface area contributed by atoms with Crippen LogP contribution in [0, 0.1) is 0 Å². The molecule has 2 aromatic rings. The lowest BCUT2D eigenvalue weighted by Crippen LogP contribution is -2.13. The number of benzene rings is 1. The Labute approximate surface area is 123 Å². The molecule has 1 aromatic carbocycles. The molecule has 2 rings (SSSR count). The molecule has 0 unspecified atom stereocenters. The fourth-order valence-corrected chi connectivity index (χ4v) is 2.14. The summed E-state index contributed by atoms with van der Waals surface area (Å²) in [6, 6.07) is 11.0. The van der Waals surface area contributed by atoms with Crippen molar-refractivity contribution in [3.8, 4) is 0 Å². The van der Waals surface area contributed by atoms with Gasteiger partial charge < -0.3 is 5.32 Å². The van der Waals surface area contributed by atoms with Crippen molar-refractivity contribution < 1.29 is 13.2 Å². The molecule has 0 amide bonds. The molecule has 0 aliphatic heterocycles. The highest BCUT2D eigenvalue weighted by atomic mass is 79.9. The zero-order valence-electron chi connectivity index (χ0n) is 10.6. The van der Waals surface area contributed by atoms with Crippen molar-refractivity contribution in [1.82, 2.24) is 4.98 Å². The lowest BCUT2D eigenvalue weighted by atomic mass is 10.2. The first-order chi connectivity index (χ1) is 9.38. The summed E-state index contributed by atoms with van der Waals surface area (Å²) < 4.78 is 38.7. The molecular formula is C14H12BrF3N2. The van der Waals surface area contributed by atoms with Crippen LogP contribution >= 0.6 is 15.9 Å². The van der Waals surface area contributed by atoms with Gasteiger partial charge in [0.05, 0.1) is 11.7 Å². The Morgan fingerprint density at radius 1 is 1.10 bits per heavy atom. The molecule has 1 heterocycles. The molecule has 1 N–H and O–H groups in total. The van der Waals surface area contributed by atoms with Gasteiger partial charge in [0.1, 0.15) is 5.69 Å². The predicted molar refractivity (Wildman–Crippen MR) is 75.4 cm³/mol. The number of pyridine rings is 1. The van der Waals surface area contributed by atoms with E-state index in [0.717, 1.165) is 16.2 Å². The van der Waals surface area contributed by atoms with E-state index in [1.54, 1.807) is 13.0 Å². The number of aromatic nitrogens is 1. The second-order valence-electron chi connectivity index (χ2n) is 4.29. The van der Waals surface area contributed by atoms with Gasteiger partial charge >= 0.3 is 6.18 Å². The maximum atomic E-state index is 12.6. The minimum atomic E-state index is -4.43. The summed E-state index contributed by atoms with van der Waals surface area (Å²) in [7, 11) is 0. The first kappa shape index (κ1) is 14.8. The molecule has 1 atom stereocenters. The molecule has 1 aromatic heterocycles. The van der Waals surface area contributed by atoms with E-state index in [0.29, 0.717) is 5.69 Å². The number of alkyl halides is 3. The molecule has 0 saturated heterocycles. The van der Waals surface area contributed by atoms with E-state index in [9.17, 15) is 13.2 Å². The van der Waals surface area contributed by atoms with Crippen LogP contribution in [0.4, 0.5) is 18.9 Å². The second-order valence-corrected chi connectivity index (χ2v) is 5.15. The van der Waals surface area contributed by atoms with E-state index >= 15 is 0 Å². The topological polar surface area (TPSA) is 24.9 Å². The van der Waals surface area contributed by atoms with Crippen molar-refractivity contribution in [1.29, 1.82) is 0 Å². The first-order valence-electron chi connectivity index (χ1n) is 5.93. The number of para-hydroxylation sites is 1. The molecule has 0 aliphatic carbocycles. The third kappa shape index (κ3) is 3.50. The molecular weight excluding hydrogens is 333 g/mol. The van der Waals surface area contributed by atoms with Gasteiger partial charge in [0, 0.05) is 10.2 Å². The van der Waals surface area contributed by atoms with Crippen LogP contribution in [0.1, 0.15) is 24.4 Å². The average molecular weight is 345 g/mol. The number of nitrogens with zero attached hydrogens (tertiary/aromatic N) is 1. The highest BCUT2D eigenvalue weighted by Crippen LogP contribution is 2.29. The summed E-state index contributed by atoms with van der Waals surface area (Å²) in [6.07, 6.45) is -4.43. The van der Waals surface area contributed by atoms with E-state index in [2.05, 4.69) is 26.2 Å². The normalized spacial score (nSPS) is 13.1. The summed E-state index contributed by atoms with van der Waals surface area (Å²) >= 11 is 3.38. The summed E-state index contributed by atoms with van der Waals surface area (Å²) in [5, 5.41) is 3.13. The standard InChI is InChI=1S/C14H12BrF3N2/c1-9(19-12-6-3-2-5-10(12)15)11-7-4-8-13(20-11)14(16,17)18/h2-9,19H,1H3/t9-/m1/s1. The third-order valence-corrected chi connectivity index (χ3v) is 3.44. The summed E-state index contributed by atoms with van der Waals surface area (Å²) in [4.78, 5) is 3.67. The lowest BCUT2D eigenvalue weighted by molar-refractivity contribution is -0.141. The van der Waals surface area contributed by atoms with E-state index in [1.807, 2.05) is 24.3 Å². The predicted octanol–water partition coefficient (Wildman–Crippen LogP) is 5.04. The fraction of sp³-hybridized carbons (Fsp3) is 0.214. The molecule has 0 aliphatic rings. The van der Waals surface area contributed by atoms with Gasteiger partial charge in [0.25, 0.3) is 0 Å². The van der Waals surface area contributed by atoms with Crippen molar-refractivity contribution in [2.45, 2.75) is 19.1 Å².